The zero-order valence-electron chi connectivity index (χ0n) is 15.9. The molecule has 30 heavy (non-hydrogen) atoms. The van der Waals surface area contributed by atoms with Gasteiger partial charge in [0.2, 0.25) is 5.88 Å². The Bertz CT molecular complexity index is 1130. The fourth-order valence-electron chi connectivity index (χ4n) is 2.85. The Morgan fingerprint density at radius 1 is 1.07 bits per heavy atom. The zero-order valence-corrected chi connectivity index (χ0v) is 15.9. The van der Waals surface area contributed by atoms with Gasteiger partial charge in [-0.2, -0.15) is 5.10 Å². The first-order chi connectivity index (χ1) is 14.7. The topological polar surface area (TPSA) is 92.8 Å². The van der Waals surface area contributed by atoms with Crippen LogP contribution in [0.15, 0.2) is 73.2 Å². The molecule has 0 bridgehead atoms. The number of benzene rings is 2. The Balaban J connectivity index is 1.39. The number of H-pyrrole nitrogens is 1. The summed E-state index contributed by atoms with van der Waals surface area (Å²) in [5, 5.41) is 9.49. The lowest BCUT2D eigenvalue weighted by Crippen LogP contribution is -2.23. The van der Waals surface area contributed by atoms with Gasteiger partial charge in [0.25, 0.3) is 5.91 Å². The summed E-state index contributed by atoms with van der Waals surface area (Å²) in [4.78, 5) is 20.8. The predicted molar refractivity (Wildman–Crippen MR) is 108 cm³/mol. The van der Waals surface area contributed by atoms with Crippen molar-refractivity contribution in [3.63, 3.8) is 0 Å². The average molecular weight is 403 g/mol. The van der Waals surface area contributed by atoms with E-state index in [4.69, 9.17) is 4.74 Å². The van der Waals surface area contributed by atoms with Gasteiger partial charge in [-0.25, -0.2) is 14.4 Å². The van der Waals surface area contributed by atoms with Crippen LogP contribution in [0.4, 0.5) is 4.39 Å². The van der Waals surface area contributed by atoms with E-state index in [0.717, 1.165) is 11.4 Å². The molecule has 0 atom stereocenters. The van der Waals surface area contributed by atoms with E-state index in [1.165, 1.54) is 18.5 Å². The molecule has 0 radical (unpaired) electrons. The number of carbonyl (C=O) groups excluding carboxylic acids is 1. The van der Waals surface area contributed by atoms with Crippen LogP contribution < -0.4 is 10.1 Å². The standard InChI is InChI=1S/C22H18FN5O2/c23-18-4-1-5-19(12-18)30-22-17(3-2-10-24-22)13-25-21(29)16-8-6-15(7-9-16)11-20-26-14-27-28-20/h1-10,12,14H,11,13H2,(H,25,29)(H,26,27,28). The molecule has 0 spiro atoms. The van der Waals surface area contributed by atoms with Crippen molar-refractivity contribution in [2.75, 3.05) is 0 Å². The summed E-state index contributed by atoms with van der Waals surface area (Å²) in [5.74, 6) is 0.788. The Hall–Kier alpha value is -4.07. The van der Waals surface area contributed by atoms with Crippen LogP contribution in [-0.2, 0) is 13.0 Å². The highest BCUT2D eigenvalue weighted by molar-refractivity contribution is 5.94. The molecule has 0 saturated carbocycles. The average Bonchev–Trinajstić information content (AvgIpc) is 3.26. The third-order valence-corrected chi connectivity index (χ3v) is 4.35. The van der Waals surface area contributed by atoms with E-state index in [0.29, 0.717) is 29.2 Å². The van der Waals surface area contributed by atoms with E-state index in [1.54, 1.807) is 42.6 Å². The minimum Gasteiger partial charge on any atom is -0.439 e. The van der Waals surface area contributed by atoms with Crippen LogP contribution in [0.25, 0.3) is 0 Å². The molecule has 0 unspecified atom stereocenters. The molecule has 8 heteroatoms. The third-order valence-electron chi connectivity index (χ3n) is 4.35. The number of rotatable bonds is 7. The maximum atomic E-state index is 13.4. The van der Waals surface area contributed by atoms with E-state index in [9.17, 15) is 9.18 Å². The summed E-state index contributed by atoms with van der Waals surface area (Å²) >= 11 is 0. The lowest BCUT2D eigenvalue weighted by molar-refractivity contribution is 0.0950. The monoisotopic (exact) mass is 403 g/mol. The van der Waals surface area contributed by atoms with Crippen molar-refractivity contribution in [3.05, 3.63) is 102 Å². The first-order valence-electron chi connectivity index (χ1n) is 9.26. The number of hydrogen-bond donors (Lipinski definition) is 2. The maximum Gasteiger partial charge on any atom is 0.251 e. The highest BCUT2D eigenvalue weighted by Crippen LogP contribution is 2.23. The largest absolute Gasteiger partial charge is 0.439 e. The van der Waals surface area contributed by atoms with Gasteiger partial charge in [0.1, 0.15) is 23.7 Å². The number of carbonyl (C=O) groups is 1. The van der Waals surface area contributed by atoms with Gasteiger partial charge in [0, 0.05) is 36.4 Å². The summed E-state index contributed by atoms with van der Waals surface area (Å²) in [6.45, 7) is 0.219. The maximum absolute atomic E-state index is 13.4. The van der Waals surface area contributed by atoms with Crippen LogP contribution in [0.2, 0.25) is 0 Å². The van der Waals surface area contributed by atoms with E-state index >= 15 is 0 Å². The molecule has 0 aliphatic carbocycles. The van der Waals surface area contributed by atoms with E-state index < -0.39 is 5.82 Å². The number of pyridine rings is 1. The second-order valence-electron chi connectivity index (χ2n) is 6.52. The normalized spacial score (nSPS) is 10.6. The second-order valence-corrected chi connectivity index (χ2v) is 6.52. The lowest BCUT2D eigenvalue weighted by Gasteiger charge is -2.11. The molecule has 7 nitrogen and oxygen atoms in total. The molecule has 150 valence electrons. The van der Waals surface area contributed by atoms with Crippen LogP contribution in [0.5, 0.6) is 11.6 Å². The van der Waals surface area contributed by atoms with Gasteiger partial charge in [-0.05, 0) is 35.9 Å². The number of aromatic amines is 1. The van der Waals surface area contributed by atoms with Gasteiger partial charge in [-0.1, -0.05) is 24.3 Å². The van der Waals surface area contributed by atoms with Crippen molar-refractivity contribution in [2.24, 2.45) is 0 Å². The van der Waals surface area contributed by atoms with Gasteiger partial charge in [0.05, 0.1) is 0 Å². The van der Waals surface area contributed by atoms with Crippen molar-refractivity contribution in [3.8, 4) is 11.6 Å². The first-order valence-corrected chi connectivity index (χ1v) is 9.26. The summed E-state index contributed by atoms with van der Waals surface area (Å²) in [6.07, 6.45) is 3.65. The van der Waals surface area contributed by atoms with Crippen LogP contribution in [0, 0.1) is 5.82 Å². The molecule has 2 heterocycles. The molecule has 0 aliphatic heterocycles. The Labute approximate surface area is 172 Å². The van der Waals surface area contributed by atoms with Gasteiger partial charge in [-0.3, -0.25) is 9.89 Å². The van der Waals surface area contributed by atoms with Crippen molar-refractivity contribution < 1.29 is 13.9 Å². The molecule has 2 N–H and O–H groups in total. The highest BCUT2D eigenvalue weighted by atomic mass is 19.1. The summed E-state index contributed by atoms with van der Waals surface area (Å²) in [7, 11) is 0. The zero-order chi connectivity index (χ0) is 20.8. The fraction of sp³-hybridized carbons (Fsp3) is 0.0909. The number of aromatic nitrogens is 4. The number of halogens is 1. The Morgan fingerprint density at radius 2 is 1.93 bits per heavy atom. The van der Waals surface area contributed by atoms with E-state index in [1.807, 2.05) is 12.1 Å². The lowest BCUT2D eigenvalue weighted by atomic mass is 10.1. The molecule has 4 aromatic rings. The highest BCUT2D eigenvalue weighted by Gasteiger charge is 2.10. The number of amides is 1. The van der Waals surface area contributed by atoms with Crippen LogP contribution in [0.3, 0.4) is 0 Å². The van der Waals surface area contributed by atoms with E-state index in [2.05, 4.69) is 25.5 Å². The fourth-order valence-corrected chi connectivity index (χ4v) is 2.85. The van der Waals surface area contributed by atoms with Crippen LogP contribution in [-0.4, -0.2) is 26.1 Å². The van der Waals surface area contributed by atoms with Crippen molar-refractivity contribution in [1.82, 2.24) is 25.5 Å². The van der Waals surface area contributed by atoms with Crippen LogP contribution >= 0.6 is 0 Å². The molecular weight excluding hydrogens is 385 g/mol. The molecular formula is C22H18FN5O2. The van der Waals surface area contributed by atoms with Crippen molar-refractivity contribution >= 4 is 5.91 Å². The molecule has 1 amide bonds. The van der Waals surface area contributed by atoms with Gasteiger partial charge < -0.3 is 10.1 Å². The van der Waals surface area contributed by atoms with Gasteiger partial charge in [0.15, 0.2) is 0 Å². The molecule has 0 fully saturated rings. The molecule has 2 aromatic heterocycles. The summed E-state index contributed by atoms with van der Waals surface area (Å²) in [5.41, 5.74) is 2.23. The number of hydrogen-bond acceptors (Lipinski definition) is 5. The quantitative estimate of drug-likeness (QED) is 0.491. The van der Waals surface area contributed by atoms with E-state index in [-0.39, 0.29) is 12.5 Å². The summed E-state index contributed by atoms with van der Waals surface area (Å²) in [6, 6.07) is 16.6. The van der Waals surface area contributed by atoms with Gasteiger partial charge >= 0.3 is 0 Å². The second kappa shape index (κ2) is 8.95. The smallest absolute Gasteiger partial charge is 0.251 e. The van der Waals surface area contributed by atoms with Crippen molar-refractivity contribution in [2.45, 2.75) is 13.0 Å². The van der Waals surface area contributed by atoms with Gasteiger partial charge in [-0.15, -0.1) is 0 Å². The minimum atomic E-state index is -0.398. The summed E-state index contributed by atoms with van der Waals surface area (Å²) < 4.78 is 19.1. The number of ether oxygens (including phenoxy) is 1. The Kier molecular flexibility index (Phi) is 5.75. The van der Waals surface area contributed by atoms with Crippen molar-refractivity contribution in [1.29, 1.82) is 0 Å². The SMILES string of the molecule is O=C(NCc1cccnc1Oc1cccc(F)c1)c1ccc(Cc2ncn[nH]2)cc1. The Morgan fingerprint density at radius 3 is 2.70 bits per heavy atom. The first kappa shape index (κ1) is 19.3. The number of nitrogens with zero attached hydrogens (tertiary/aromatic N) is 3. The molecule has 4 rings (SSSR count). The predicted octanol–water partition coefficient (Wildman–Crippen LogP) is 3.65. The molecule has 2 aromatic carbocycles. The number of nitrogens with one attached hydrogen (secondary N) is 2. The minimum absolute atomic E-state index is 0.219. The molecule has 0 aliphatic rings. The third kappa shape index (κ3) is 4.85. The van der Waals surface area contributed by atoms with Crippen LogP contribution in [0.1, 0.15) is 27.3 Å². The molecule has 0 saturated heterocycles.